The number of amides is 4. The predicted octanol–water partition coefficient (Wildman–Crippen LogP) is 2.51. The number of hydrogen-bond donors (Lipinski definition) is 1. The summed E-state index contributed by atoms with van der Waals surface area (Å²) in [6, 6.07) is 5.50. The summed E-state index contributed by atoms with van der Waals surface area (Å²) in [5.74, 6) is -0.643. The first kappa shape index (κ1) is 17.7. The zero-order valence-electron chi connectivity index (χ0n) is 14.4. The van der Waals surface area contributed by atoms with Gasteiger partial charge in [0.25, 0.3) is 5.91 Å². The number of carbonyl (C=O) groups is 3. The van der Waals surface area contributed by atoms with Gasteiger partial charge in [-0.15, -0.1) is 0 Å². The minimum atomic E-state index is -1.27. The quantitative estimate of drug-likeness (QED) is 0.839. The zero-order valence-corrected chi connectivity index (χ0v) is 15.2. The molecule has 2 aliphatic heterocycles. The molecule has 0 aromatic heterocycles. The molecular formula is C18H22ClN3O3. The third kappa shape index (κ3) is 2.99. The SMILES string of the molecule is C[C@H](C(=O)N1CCCCC1)N1C(=O)N[C@@](C)(c2ccccc2Cl)C1=O. The number of nitrogens with zero attached hydrogens (tertiary/aromatic N) is 2. The lowest BCUT2D eigenvalue weighted by Crippen LogP contribution is -2.51. The van der Waals surface area contributed by atoms with E-state index in [0.717, 1.165) is 24.2 Å². The highest BCUT2D eigenvalue weighted by atomic mass is 35.5. The van der Waals surface area contributed by atoms with E-state index in [0.29, 0.717) is 23.7 Å². The van der Waals surface area contributed by atoms with Gasteiger partial charge in [-0.05, 0) is 39.2 Å². The molecule has 7 heteroatoms. The smallest absolute Gasteiger partial charge is 0.326 e. The number of urea groups is 1. The largest absolute Gasteiger partial charge is 0.341 e. The Balaban J connectivity index is 1.86. The van der Waals surface area contributed by atoms with E-state index in [1.54, 1.807) is 43.0 Å². The fraction of sp³-hybridized carbons (Fsp3) is 0.500. The van der Waals surface area contributed by atoms with Gasteiger partial charge in [0, 0.05) is 23.7 Å². The van der Waals surface area contributed by atoms with Crippen molar-refractivity contribution in [2.45, 2.75) is 44.7 Å². The van der Waals surface area contributed by atoms with Crippen LogP contribution in [0.25, 0.3) is 0 Å². The fourth-order valence-corrected chi connectivity index (χ4v) is 3.88. The van der Waals surface area contributed by atoms with Crippen LogP contribution in [-0.2, 0) is 15.1 Å². The van der Waals surface area contributed by atoms with E-state index in [1.807, 2.05) is 0 Å². The van der Waals surface area contributed by atoms with Crippen molar-refractivity contribution in [2.75, 3.05) is 13.1 Å². The van der Waals surface area contributed by atoms with E-state index < -0.39 is 23.5 Å². The molecule has 1 aromatic rings. The van der Waals surface area contributed by atoms with Gasteiger partial charge in [-0.2, -0.15) is 0 Å². The Hall–Kier alpha value is -2.08. The minimum absolute atomic E-state index is 0.188. The Morgan fingerprint density at radius 1 is 1.20 bits per heavy atom. The fourth-order valence-electron chi connectivity index (χ4n) is 3.55. The summed E-state index contributed by atoms with van der Waals surface area (Å²) >= 11 is 6.22. The molecular weight excluding hydrogens is 342 g/mol. The molecule has 0 bridgehead atoms. The molecule has 4 amide bonds. The first-order chi connectivity index (χ1) is 11.9. The van der Waals surface area contributed by atoms with Crippen LogP contribution < -0.4 is 5.32 Å². The zero-order chi connectivity index (χ0) is 18.2. The maximum Gasteiger partial charge on any atom is 0.326 e. The van der Waals surface area contributed by atoms with Gasteiger partial charge in [0.05, 0.1) is 0 Å². The molecule has 0 aliphatic carbocycles. The molecule has 1 aromatic carbocycles. The Kier molecular flexibility index (Phi) is 4.73. The van der Waals surface area contributed by atoms with Crippen molar-refractivity contribution in [3.63, 3.8) is 0 Å². The Morgan fingerprint density at radius 3 is 2.48 bits per heavy atom. The first-order valence-corrected chi connectivity index (χ1v) is 8.93. The molecule has 0 spiro atoms. The van der Waals surface area contributed by atoms with Gasteiger partial charge in [-0.3, -0.25) is 9.59 Å². The van der Waals surface area contributed by atoms with Gasteiger partial charge in [0.2, 0.25) is 5.91 Å². The molecule has 0 saturated carbocycles. The molecule has 0 unspecified atom stereocenters. The van der Waals surface area contributed by atoms with Crippen LogP contribution >= 0.6 is 11.6 Å². The van der Waals surface area contributed by atoms with Gasteiger partial charge in [-0.1, -0.05) is 29.8 Å². The number of rotatable bonds is 3. The van der Waals surface area contributed by atoms with E-state index in [2.05, 4.69) is 5.32 Å². The van der Waals surface area contributed by atoms with Gasteiger partial charge in [0.1, 0.15) is 11.6 Å². The Bertz CT molecular complexity index is 717. The lowest BCUT2D eigenvalue weighted by Gasteiger charge is -2.32. The average molecular weight is 364 g/mol. The van der Waals surface area contributed by atoms with Gasteiger partial charge >= 0.3 is 6.03 Å². The molecule has 2 saturated heterocycles. The minimum Gasteiger partial charge on any atom is -0.341 e. The molecule has 25 heavy (non-hydrogen) atoms. The number of likely N-dealkylation sites (tertiary alicyclic amines) is 1. The van der Waals surface area contributed by atoms with Crippen LogP contribution in [-0.4, -0.2) is 46.8 Å². The highest BCUT2D eigenvalue weighted by Gasteiger charge is 2.52. The monoisotopic (exact) mass is 363 g/mol. The summed E-state index contributed by atoms with van der Waals surface area (Å²) in [7, 11) is 0. The van der Waals surface area contributed by atoms with Crippen molar-refractivity contribution in [2.24, 2.45) is 0 Å². The third-order valence-corrected chi connectivity index (χ3v) is 5.38. The van der Waals surface area contributed by atoms with Gasteiger partial charge in [0.15, 0.2) is 0 Å². The van der Waals surface area contributed by atoms with Crippen molar-refractivity contribution in [3.8, 4) is 0 Å². The summed E-state index contributed by atoms with van der Waals surface area (Å²) < 4.78 is 0. The third-order valence-electron chi connectivity index (χ3n) is 5.05. The molecule has 6 nitrogen and oxygen atoms in total. The topological polar surface area (TPSA) is 69.7 Å². The molecule has 2 fully saturated rings. The highest BCUT2D eigenvalue weighted by molar-refractivity contribution is 6.32. The van der Waals surface area contributed by atoms with Crippen LogP contribution in [0.4, 0.5) is 4.79 Å². The van der Waals surface area contributed by atoms with Gasteiger partial charge in [-0.25, -0.2) is 9.69 Å². The van der Waals surface area contributed by atoms with Crippen LogP contribution in [0, 0.1) is 0 Å². The second-order valence-corrected chi connectivity index (χ2v) is 7.18. The van der Waals surface area contributed by atoms with E-state index >= 15 is 0 Å². The molecule has 0 radical (unpaired) electrons. The van der Waals surface area contributed by atoms with Crippen LogP contribution in [0.2, 0.25) is 5.02 Å². The summed E-state index contributed by atoms with van der Waals surface area (Å²) in [5, 5.41) is 3.11. The number of piperidine rings is 1. The number of nitrogens with one attached hydrogen (secondary N) is 1. The van der Waals surface area contributed by atoms with Crippen LogP contribution in [0.3, 0.4) is 0 Å². The molecule has 2 atom stereocenters. The number of halogens is 1. The van der Waals surface area contributed by atoms with Gasteiger partial charge < -0.3 is 10.2 Å². The molecule has 3 rings (SSSR count). The van der Waals surface area contributed by atoms with Crippen LogP contribution in [0.5, 0.6) is 0 Å². The summed E-state index contributed by atoms with van der Waals surface area (Å²) in [6.07, 6.45) is 3.01. The van der Waals surface area contributed by atoms with E-state index in [9.17, 15) is 14.4 Å². The number of imide groups is 1. The van der Waals surface area contributed by atoms with Crippen molar-refractivity contribution >= 4 is 29.4 Å². The van der Waals surface area contributed by atoms with Crippen LogP contribution in [0.1, 0.15) is 38.7 Å². The maximum absolute atomic E-state index is 13.0. The van der Waals surface area contributed by atoms with Crippen molar-refractivity contribution in [1.82, 2.24) is 15.1 Å². The normalized spacial score (nSPS) is 25.1. The summed E-state index contributed by atoms with van der Waals surface area (Å²) in [6.45, 7) is 4.57. The molecule has 2 aliphatic rings. The molecule has 1 N–H and O–H groups in total. The highest BCUT2D eigenvalue weighted by Crippen LogP contribution is 2.34. The van der Waals surface area contributed by atoms with E-state index in [4.69, 9.17) is 11.6 Å². The number of hydrogen-bond acceptors (Lipinski definition) is 3. The lowest BCUT2D eigenvalue weighted by atomic mass is 9.91. The number of benzene rings is 1. The molecule has 134 valence electrons. The summed E-state index contributed by atoms with van der Waals surface area (Å²) in [4.78, 5) is 41.0. The van der Waals surface area contributed by atoms with Crippen molar-refractivity contribution < 1.29 is 14.4 Å². The van der Waals surface area contributed by atoms with E-state index in [-0.39, 0.29) is 5.91 Å². The predicted molar refractivity (Wildman–Crippen MR) is 94.1 cm³/mol. The average Bonchev–Trinajstić information content (AvgIpc) is 2.84. The van der Waals surface area contributed by atoms with E-state index in [1.165, 1.54) is 0 Å². The second kappa shape index (κ2) is 6.67. The summed E-state index contributed by atoms with van der Waals surface area (Å²) in [5.41, 5.74) is -0.749. The Morgan fingerprint density at radius 2 is 1.84 bits per heavy atom. The lowest BCUT2D eigenvalue weighted by molar-refractivity contribution is -0.143. The second-order valence-electron chi connectivity index (χ2n) is 6.77. The van der Waals surface area contributed by atoms with Crippen LogP contribution in [0.15, 0.2) is 24.3 Å². The standard InChI is InChI=1S/C18H22ClN3O3/c1-12(15(23)21-10-6-3-7-11-21)22-16(24)18(2,20-17(22)25)13-8-4-5-9-14(13)19/h4-5,8-9,12H,3,6-7,10-11H2,1-2H3,(H,20,25)/t12-,18+/m1/s1. The molecule has 2 heterocycles. The van der Waals surface area contributed by atoms with Crippen molar-refractivity contribution in [1.29, 1.82) is 0 Å². The van der Waals surface area contributed by atoms with Crippen molar-refractivity contribution in [3.05, 3.63) is 34.9 Å². The number of carbonyl (C=O) groups excluding carboxylic acids is 3. The maximum atomic E-state index is 13.0. The Labute approximate surface area is 152 Å². The first-order valence-electron chi connectivity index (χ1n) is 8.56.